The SMILES string of the molecule is CCN(C(=O)N1CCSCC1C(=O)O)c1ccc(C)cc1. The largest absolute Gasteiger partial charge is 0.480 e. The first kappa shape index (κ1) is 15.7. The van der Waals surface area contributed by atoms with E-state index in [2.05, 4.69) is 0 Å². The molecule has 1 fully saturated rings. The molecule has 21 heavy (non-hydrogen) atoms. The van der Waals surface area contributed by atoms with Crippen molar-refractivity contribution in [2.45, 2.75) is 19.9 Å². The number of hydrogen-bond acceptors (Lipinski definition) is 3. The highest BCUT2D eigenvalue weighted by atomic mass is 32.2. The highest BCUT2D eigenvalue weighted by Gasteiger charge is 2.34. The molecule has 1 aliphatic heterocycles. The van der Waals surface area contributed by atoms with Crippen LogP contribution in [0, 0.1) is 6.92 Å². The lowest BCUT2D eigenvalue weighted by Gasteiger charge is -2.36. The van der Waals surface area contributed by atoms with Crippen molar-refractivity contribution in [3.05, 3.63) is 29.8 Å². The molecule has 1 unspecified atom stereocenters. The second-order valence-electron chi connectivity index (χ2n) is 4.98. The maximum Gasteiger partial charge on any atom is 0.327 e. The number of carboxylic acids is 1. The molecule has 1 aliphatic rings. The van der Waals surface area contributed by atoms with Crippen LogP contribution in [-0.4, -0.2) is 52.6 Å². The van der Waals surface area contributed by atoms with Gasteiger partial charge in [-0.05, 0) is 26.0 Å². The average molecular weight is 308 g/mol. The Kier molecular flexibility index (Phi) is 5.12. The van der Waals surface area contributed by atoms with Gasteiger partial charge in [-0.15, -0.1) is 0 Å². The number of benzene rings is 1. The molecule has 1 heterocycles. The van der Waals surface area contributed by atoms with E-state index in [0.717, 1.165) is 17.0 Å². The van der Waals surface area contributed by atoms with Crippen molar-refractivity contribution < 1.29 is 14.7 Å². The number of carbonyl (C=O) groups is 2. The van der Waals surface area contributed by atoms with Crippen LogP contribution in [0.3, 0.4) is 0 Å². The van der Waals surface area contributed by atoms with E-state index < -0.39 is 12.0 Å². The van der Waals surface area contributed by atoms with Crippen LogP contribution >= 0.6 is 11.8 Å². The van der Waals surface area contributed by atoms with Gasteiger partial charge >= 0.3 is 12.0 Å². The lowest BCUT2D eigenvalue weighted by Crippen LogP contribution is -2.55. The summed E-state index contributed by atoms with van der Waals surface area (Å²) in [5.74, 6) is 0.295. The molecule has 0 bridgehead atoms. The Balaban J connectivity index is 2.22. The van der Waals surface area contributed by atoms with Crippen molar-refractivity contribution in [1.82, 2.24) is 4.90 Å². The zero-order valence-electron chi connectivity index (χ0n) is 12.3. The molecule has 1 saturated heterocycles. The number of amides is 2. The topological polar surface area (TPSA) is 60.9 Å². The van der Waals surface area contributed by atoms with Gasteiger partial charge in [0.1, 0.15) is 6.04 Å². The number of thioether (sulfide) groups is 1. The summed E-state index contributed by atoms with van der Waals surface area (Å²) in [4.78, 5) is 27.1. The number of urea groups is 1. The summed E-state index contributed by atoms with van der Waals surface area (Å²) in [6.45, 7) is 4.87. The molecule has 5 nitrogen and oxygen atoms in total. The molecule has 0 aromatic heterocycles. The minimum atomic E-state index is -0.935. The summed E-state index contributed by atoms with van der Waals surface area (Å²) in [6, 6.07) is 6.72. The molecule has 0 aliphatic carbocycles. The van der Waals surface area contributed by atoms with E-state index in [9.17, 15) is 14.7 Å². The molecule has 1 atom stereocenters. The maximum atomic E-state index is 12.7. The average Bonchev–Trinajstić information content (AvgIpc) is 2.49. The summed E-state index contributed by atoms with van der Waals surface area (Å²) < 4.78 is 0. The third-order valence-corrected chi connectivity index (χ3v) is 4.57. The normalized spacial score (nSPS) is 18.4. The number of nitrogens with zero attached hydrogens (tertiary/aromatic N) is 2. The van der Waals surface area contributed by atoms with Crippen molar-refractivity contribution in [1.29, 1.82) is 0 Å². The number of rotatable bonds is 3. The van der Waals surface area contributed by atoms with E-state index >= 15 is 0 Å². The van der Waals surface area contributed by atoms with E-state index in [-0.39, 0.29) is 6.03 Å². The van der Waals surface area contributed by atoms with Crippen LogP contribution in [0.4, 0.5) is 10.5 Å². The van der Waals surface area contributed by atoms with Gasteiger partial charge in [-0.2, -0.15) is 11.8 Å². The van der Waals surface area contributed by atoms with E-state index in [1.807, 2.05) is 38.1 Å². The second kappa shape index (κ2) is 6.85. The van der Waals surface area contributed by atoms with Crippen LogP contribution in [0.5, 0.6) is 0 Å². The predicted molar refractivity (Wildman–Crippen MR) is 85.0 cm³/mol. The summed E-state index contributed by atoms with van der Waals surface area (Å²) in [5.41, 5.74) is 1.93. The molecule has 1 aromatic carbocycles. The Morgan fingerprint density at radius 2 is 2.05 bits per heavy atom. The van der Waals surface area contributed by atoms with Crippen LogP contribution in [0.15, 0.2) is 24.3 Å². The first-order valence-electron chi connectivity index (χ1n) is 7.00. The molecule has 1 N–H and O–H groups in total. The molecule has 1 aromatic rings. The number of hydrogen-bond donors (Lipinski definition) is 1. The molecule has 2 rings (SSSR count). The van der Waals surface area contributed by atoms with Crippen LogP contribution in [0.1, 0.15) is 12.5 Å². The predicted octanol–water partition coefficient (Wildman–Crippen LogP) is 2.44. The van der Waals surface area contributed by atoms with Gasteiger partial charge in [-0.25, -0.2) is 9.59 Å². The van der Waals surface area contributed by atoms with Gasteiger partial charge in [-0.3, -0.25) is 4.90 Å². The van der Waals surface area contributed by atoms with Gasteiger partial charge in [-0.1, -0.05) is 17.7 Å². The fraction of sp³-hybridized carbons (Fsp3) is 0.467. The van der Waals surface area contributed by atoms with E-state index in [4.69, 9.17) is 0 Å². The lowest BCUT2D eigenvalue weighted by molar-refractivity contribution is -0.141. The molecule has 6 heteroatoms. The van der Waals surface area contributed by atoms with E-state index in [1.54, 1.807) is 16.7 Å². The number of carboxylic acid groups (broad SMARTS) is 1. The summed E-state index contributed by atoms with van der Waals surface area (Å²) in [6.07, 6.45) is 0. The third kappa shape index (κ3) is 3.50. The van der Waals surface area contributed by atoms with Crippen molar-refractivity contribution >= 4 is 29.4 Å². The van der Waals surface area contributed by atoms with Gasteiger partial charge in [0.2, 0.25) is 0 Å². The van der Waals surface area contributed by atoms with Crippen LogP contribution in [0.25, 0.3) is 0 Å². The molecule has 0 radical (unpaired) electrons. The minimum Gasteiger partial charge on any atom is -0.480 e. The number of aryl methyl sites for hydroxylation is 1. The van der Waals surface area contributed by atoms with Gasteiger partial charge in [0, 0.05) is 30.3 Å². The van der Waals surface area contributed by atoms with Gasteiger partial charge in [0.15, 0.2) is 0 Å². The first-order valence-corrected chi connectivity index (χ1v) is 8.15. The zero-order chi connectivity index (χ0) is 15.4. The van der Waals surface area contributed by atoms with Crippen molar-refractivity contribution in [3.8, 4) is 0 Å². The minimum absolute atomic E-state index is 0.228. The van der Waals surface area contributed by atoms with Crippen molar-refractivity contribution in [2.24, 2.45) is 0 Å². The van der Waals surface area contributed by atoms with Crippen molar-refractivity contribution in [3.63, 3.8) is 0 Å². The number of anilines is 1. The van der Waals surface area contributed by atoms with Gasteiger partial charge < -0.3 is 10.0 Å². The molecule has 0 saturated carbocycles. The number of aliphatic carboxylic acids is 1. The fourth-order valence-corrected chi connectivity index (χ4v) is 3.38. The van der Waals surface area contributed by atoms with Crippen LogP contribution in [0.2, 0.25) is 0 Å². The van der Waals surface area contributed by atoms with Crippen molar-refractivity contribution in [2.75, 3.05) is 29.5 Å². The summed E-state index contributed by atoms with van der Waals surface area (Å²) in [7, 11) is 0. The molecule has 114 valence electrons. The Bertz CT molecular complexity index is 518. The first-order chi connectivity index (χ1) is 10.0. The summed E-state index contributed by atoms with van der Waals surface area (Å²) >= 11 is 1.58. The summed E-state index contributed by atoms with van der Waals surface area (Å²) in [5, 5.41) is 9.29. The monoisotopic (exact) mass is 308 g/mol. The molecule has 2 amide bonds. The standard InChI is InChI=1S/C15H20N2O3S/c1-3-16(12-6-4-11(2)5-7-12)15(20)17-8-9-21-10-13(17)14(18)19/h4-7,13H,3,8-10H2,1-2H3,(H,18,19). The lowest BCUT2D eigenvalue weighted by atomic mass is 10.2. The maximum absolute atomic E-state index is 12.7. The quantitative estimate of drug-likeness (QED) is 0.931. The van der Waals surface area contributed by atoms with Crippen LogP contribution in [-0.2, 0) is 4.79 Å². The van der Waals surface area contributed by atoms with Crippen LogP contribution < -0.4 is 4.90 Å². The van der Waals surface area contributed by atoms with Gasteiger partial charge in [0.25, 0.3) is 0 Å². The fourth-order valence-electron chi connectivity index (χ4n) is 2.35. The Labute approximate surface area is 128 Å². The smallest absolute Gasteiger partial charge is 0.327 e. The Morgan fingerprint density at radius 1 is 1.38 bits per heavy atom. The highest BCUT2D eigenvalue weighted by molar-refractivity contribution is 7.99. The number of carbonyl (C=O) groups excluding carboxylic acids is 1. The molecular formula is C15H20N2O3S. The molecular weight excluding hydrogens is 288 g/mol. The van der Waals surface area contributed by atoms with E-state index in [0.29, 0.717) is 18.8 Å². The highest BCUT2D eigenvalue weighted by Crippen LogP contribution is 2.22. The Hall–Kier alpha value is -1.69. The van der Waals surface area contributed by atoms with Gasteiger partial charge in [0.05, 0.1) is 0 Å². The zero-order valence-corrected chi connectivity index (χ0v) is 13.1. The third-order valence-electron chi connectivity index (χ3n) is 3.55. The Morgan fingerprint density at radius 3 is 2.62 bits per heavy atom. The molecule has 0 spiro atoms. The van der Waals surface area contributed by atoms with E-state index in [1.165, 1.54) is 4.90 Å². The second-order valence-corrected chi connectivity index (χ2v) is 6.13.